The first-order valence-corrected chi connectivity index (χ1v) is 8.56. The average molecular weight is 291 g/mol. The summed E-state index contributed by atoms with van der Waals surface area (Å²) in [6, 6.07) is 7.82. The summed E-state index contributed by atoms with van der Waals surface area (Å²) in [6.07, 6.45) is 1.71. The van der Waals surface area contributed by atoms with Gasteiger partial charge in [-0.3, -0.25) is 0 Å². The number of aryl methyl sites for hydroxylation is 1. The molecule has 0 aliphatic rings. The van der Waals surface area contributed by atoms with E-state index in [-0.39, 0.29) is 11.7 Å². The minimum absolute atomic E-state index is 0.0436. The van der Waals surface area contributed by atoms with Crippen molar-refractivity contribution >= 4 is 19.7 Å². The van der Waals surface area contributed by atoms with E-state index < -0.39 is 9.05 Å². The Morgan fingerprint density at radius 2 is 1.83 bits per heavy atom. The van der Waals surface area contributed by atoms with Crippen molar-refractivity contribution in [1.29, 1.82) is 0 Å². The Bertz CT molecular complexity index is 454. The first-order valence-electron chi connectivity index (χ1n) is 6.08. The predicted octanol–water partition coefficient (Wildman–Crippen LogP) is 3.22. The Hall–Kier alpha value is -0.740. The summed E-state index contributed by atoms with van der Waals surface area (Å²) < 4.78 is 27.6. The van der Waals surface area contributed by atoms with Gasteiger partial charge in [0, 0.05) is 16.6 Å². The molecule has 0 aromatic heterocycles. The molecule has 0 fully saturated rings. The van der Waals surface area contributed by atoms with Crippen molar-refractivity contribution in [2.75, 3.05) is 12.4 Å². The van der Waals surface area contributed by atoms with Gasteiger partial charge in [0.05, 0.1) is 12.4 Å². The van der Waals surface area contributed by atoms with Crippen molar-refractivity contribution in [3.8, 4) is 5.75 Å². The van der Waals surface area contributed by atoms with Crippen LogP contribution in [0.3, 0.4) is 0 Å². The molecule has 3 nitrogen and oxygen atoms in total. The van der Waals surface area contributed by atoms with Crippen LogP contribution in [0.15, 0.2) is 24.3 Å². The van der Waals surface area contributed by atoms with Crippen LogP contribution in [0.5, 0.6) is 5.75 Å². The summed E-state index contributed by atoms with van der Waals surface area (Å²) in [5, 5.41) is 0. The van der Waals surface area contributed by atoms with Crippen LogP contribution in [0, 0.1) is 5.92 Å². The standard InChI is InChI=1S/C13H19ClO3S/c1-3-11-5-7-13(8-6-11)17-9-12(4-2)10-18(14,15)16/h5-8,12H,3-4,9-10H2,1-2H3. The van der Waals surface area contributed by atoms with Gasteiger partial charge in [-0.1, -0.05) is 26.0 Å². The molecule has 1 unspecified atom stereocenters. The number of hydrogen-bond donors (Lipinski definition) is 0. The molecule has 18 heavy (non-hydrogen) atoms. The molecule has 1 aromatic rings. The zero-order valence-corrected chi connectivity index (χ0v) is 12.3. The maximum Gasteiger partial charge on any atom is 0.232 e. The third-order valence-corrected chi connectivity index (χ3v) is 4.08. The quantitative estimate of drug-likeness (QED) is 0.724. The molecule has 1 atom stereocenters. The number of halogens is 1. The normalized spacial score (nSPS) is 13.3. The molecular formula is C13H19ClO3S. The average Bonchev–Trinajstić information content (AvgIpc) is 2.33. The van der Waals surface area contributed by atoms with Crippen molar-refractivity contribution in [3.63, 3.8) is 0 Å². The molecule has 0 amide bonds. The lowest BCUT2D eigenvalue weighted by Gasteiger charge is -2.14. The summed E-state index contributed by atoms with van der Waals surface area (Å²) in [6.45, 7) is 4.39. The van der Waals surface area contributed by atoms with Crippen LogP contribution in [-0.4, -0.2) is 20.8 Å². The second kappa shape index (κ2) is 7.00. The predicted molar refractivity (Wildman–Crippen MR) is 74.7 cm³/mol. The van der Waals surface area contributed by atoms with E-state index in [4.69, 9.17) is 15.4 Å². The van der Waals surface area contributed by atoms with Gasteiger partial charge in [-0.25, -0.2) is 8.42 Å². The molecule has 0 saturated carbocycles. The van der Waals surface area contributed by atoms with Crippen molar-refractivity contribution < 1.29 is 13.2 Å². The van der Waals surface area contributed by atoms with Gasteiger partial charge in [-0.2, -0.15) is 0 Å². The van der Waals surface area contributed by atoms with Gasteiger partial charge < -0.3 is 4.74 Å². The monoisotopic (exact) mass is 290 g/mol. The van der Waals surface area contributed by atoms with E-state index in [0.717, 1.165) is 18.6 Å². The molecule has 0 heterocycles. The number of hydrogen-bond acceptors (Lipinski definition) is 3. The van der Waals surface area contributed by atoms with Crippen LogP contribution >= 0.6 is 10.7 Å². The lowest BCUT2D eigenvalue weighted by atomic mass is 10.1. The number of benzene rings is 1. The van der Waals surface area contributed by atoms with Crippen LogP contribution in [0.1, 0.15) is 25.8 Å². The highest BCUT2D eigenvalue weighted by molar-refractivity contribution is 8.13. The molecule has 0 radical (unpaired) electrons. The molecule has 1 aromatic carbocycles. The van der Waals surface area contributed by atoms with E-state index in [2.05, 4.69) is 6.92 Å². The van der Waals surface area contributed by atoms with E-state index in [0.29, 0.717) is 6.61 Å². The lowest BCUT2D eigenvalue weighted by Crippen LogP contribution is -2.18. The van der Waals surface area contributed by atoms with E-state index in [1.807, 2.05) is 31.2 Å². The maximum atomic E-state index is 11.0. The van der Waals surface area contributed by atoms with E-state index in [1.54, 1.807) is 0 Å². The van der Waals surface area contributed by atoms with E-state index in [1.165, 1.54) is 5.56 Å². The highest BCUT2D eigenvalue weighted by Crippen LogP contribution is 2.16. The van der Waals surface area contributed by atoms with Gasteiger partial charge >= 0.3 is 0 Å². The fourth-order valence-corrected chi connectivity index (χ4v) is 3.03. The molecule has 0 aliphatic heterocycles. The highest BCUT2D eigenvalue weighted by Gasteiger charge is 2.16. The second-order valence-corrected chi connectivity index (χ2v) is 7.11. The van der Waals surface area contributed by atoms with Crippen molar-refractivity contribution in [3.05, 3.63) is 29.8 Å². The molecule has 0 aliphatic carbocycles. The molecule has 1 rings (SSSR count). The smallest absolute Gasteiger partial charge is 0.232 e. The topological polar surface area (TPSA) is 43.4 Å². The zero-order valence-electron chi connectivity index (χ0n) is 10.7. The van der Waals surface area contributed by atoms with Crippen molar-refractivity contribution in [2.45, 2.75) is 26.7 Å². The second-order valence-electron chi connectivity index (χ2n) is 4.29. The molecular weight excluding hydrogens is 272 g/mol. The largest absolute Gasteiger partial charge is 0.493 e. The molecule has 0 spiro atoms. The fourth-order valence-electron chi connectivity index (χ4n) is 1.60. The fraction of sp³-hybridized carbons (Fsp3) is 0.538. The van der Waals surface area contributed by atoms with Gasteiger partial charge in [-0.15, -0.1) is 0 Å². The molecule has 0 bridgehead atoms. The molecule has 5 heteroatoms. The van der Waals surface area contributed by atoms with E-state index in [9.17, 15) is 8.42 Å². The number of ether oxygens (including phenoxy) is 1. The van der Waals surface area contributed by atoms with Gasteiger partial charge in [0.2, 0.25) is 9.05 Å². The van der Waals surface area contributed by atoms with Crippen molar-refractivity contribution in [2.24, 2.45) is 5.92 Å². The van der Waals surface area contributed by atoms with Crippen LogP contribution in [0.25, 0.3) is 0 Å². The minimum atomic E-state index is -3.46. The van der Waals surface area contributed by atoms with Gasteiger partial charge in [0.25, 0.3) is 0 Å². The third-order valence-electron chi connectivity index (χ3n) is 2.83. The first kappa shape index (κ1) is 15.3. The van der Waals surface area contributed by atoms with Crippen LogP contribution in [0.4, 0.5) is 0 Å². The van der Waals surface area contributed by atoms with E-state index >= 15 is 0 Å². The lowest BCUT2D eigenvalue weighted by molar-refractivity contribution is 0.258. The summed E-state index contributed by atoms with van der Waals surface area (Å²) in [7, 11) is 1.79. The summed E-state index contributed by atoms with van der Waals surface area (Å²) in [4.78, 5) is 0. The Balaban J connectivity index is 2.51. The first-order chi connectivity index (χ1) is 8.44. The van der Waals surface area contributed by atoms with Crippen molar-refractivity contribution in [1.82, 2.24) is 0 Å². The van der Waals surface area contributed by atoms with Crippen LogP contribution in [0.2, 0.25) is 0 Å². The SMILES string of the molecule is CCc1ccc(OCC(CC)CS(=O)(=O)Cl)cc1. The molecule has 102 valence electrons. The third kappa shape index (κ3) is 5.74. The summed E-state index contributed by atoms with van der Waals surface area (Å²) in [5.74, 6) is 0.647. The van der Waals surface area contributed by atoms with Gasteiger partial charge in [0.1, 0.15) is 5.75 Å². The Morgan fingerprint density at radius 1 is 1.22 bits per heavy atom. The zero-order chi connectivity index (χ0) is 13.6. The molecule has 0 saturated heterocycles. The number of rotatable bonds is 7. The molecule has 0 N–H and O–H groups in total. The van der Waals surface area contributed by atoms with Gasteiger partial charge in [0.15, 0.2) is 0 Å². The Labute approximate surface area is 114 Å². The van der Waals surface area contributed by atoms with Gasteiger partial charge in [-0.05, 0) is 30.5 Å². The highest BCUT2D eigenvalue weighted by atomic mass is 35.7. The summed E-state index contributed by atoms with van der Waals surface area (Å²) >= 11 is 0. The minimum Gasteiger partial charge on any atom is -0.493 e. The van der Waals surface area contributed by atoms with Crippen LogP contribution < -0.4 is 4.74 Å². The maximum absolute atomic E-state index is 11.0. The van der Waals surface area contributed by atoms with Crippen LogP contribution in [-0.2, 0) is 15.5 Å². The Morgan fingerprint density at radius 3 is 2.28 bits per heavy atom. The summed E-state index contributed by atoms with van der Waals surface area (Å²) in [5.41, 5.74) is 1.25. The Kier molecular flexibility index (Phi) is 5.96.